The van der Waals surface area contributed by atoms with Crippen LogP contribution in [0.4, 0.5) is 0 Å². The molecule has 0 saturated carbocycles. The van der Waals surface area contributed by atoms with Crippen LogP contribution in [0.3, 0.4) is 0 Å². The van der Waals surface area contributed by atoms with Crippen LogP contribution in [0.5, 0.6) is 0 Å². The summed E-state index contributed by atoms with van der Waals surface area (Å²) in [5.41, 5.74) is 12.5. The fourth-order valence-corrected chi connectivity index (χ4v) is 7.21. The second-order valence-corrected chi connectivity index (χ2v) is 11.7. The van der Waals surface area contributed by atoms with Gasteiger partial charge in [-0.3, -0.25) is 4.40 Å². The van der Waals surface area contributed by atoms with Crippen LogP contribution >= 0.6 is 0 Å². The number of rotatable bonds is 3. The van der Waals surface area contributed by atoms with E-state index >= 15 is 0 Å². The minimum atomic E-state index is 0.948. The van der Waals surface area contributed by atoms with Crippen molar-refractivity contribution < 1.29 is 0 Å². The Hall–Kier alpha value is -6.13. The maximum Gasteiger partial charge on any atom is 0.140 e. The van der Waals surface area contributed by atoms with Crippen molar-refractivity contribution >= 4 is 60.3 Å². The highest BCUT2D eigenvalue weighted by molar-refractivity contribution is 6.13. The van der Waals surface area contributed by atoms with E-state index in [9.17, 15) is 0 Å². The van der Waals surface area contributed by atoms with Crippen molar-refractivity contribution in [2.45, 2.75) is 0 Å². The van der Waals surface area contributed by atoms with E-state index < -0.39 is 0 Å². The SMILES string of the molecule is c1ccc(-n2c3ccccc3c3cc(-c4ccc5c(c4)c4cn6c(cc4n5-c4ccccc4)nc4ccccc46)ccc32)cc1. The van der Waals surface area contributed by atoms with Gasteiger partial charge in [0.05, 0.1) is 33.1 Å². The first kappa shape index (κ1) is 24.3. The molecule has 210 valence electrons. The van der Waals surface area contributed by atoms with Gasteiger partial charge in [0.1, 0.15) is 5.65 Å². The van der Waals surface area contributed by atoms with E-state index in [2.05, 4.69) is 165 Å². The Balaban J connectivity index is 1.24. The van der Waals surface area contributed by atoms with Crippen molar-refractivity contribution in [3.63, 3.8) is 0 Å². The van der Waals surface area contributed by atoms with Crippen molar-refractivity contribution in [2.75, 3.05) is 0 Å². The molecule has 0 radical (unpaired) electrons. The highest BCUT2D eigenvalue weighted by Crippen LogP contribution is 2.38. The largest absolute Gasteiger partial charge is 0.309 e. The van der Waals surface area contributed by atoms with Crippen LogP contribution in [0, 0.1) is 0 Å². The van der Waals surface area contributed by atoms with Gasteiger partial charge >= 0.3 is 0 Å². The lowest BCUT2D eigenvalue weighted by atomic mass is 10.0. The van der Waals surface area contributed by atoms with Crippen LogP contribution in [0.25, 0.3) is 82.8 Å². The first-order valence-corrected chi connectivity index (χ1v) is 15.3. The Kier molecular flexibility index (Phi) is 4.96. The summed E-state index contributed by atoms with van der Waals surface area (Å²) in [6, 6.07) is 54.3. The highest BCUT2D eigenvalue weighted by Gasteiger charge is 2.17. The molecular formula is C41H26N4. The molecule has 6 aromatic carbocycles. The molecule has 0 aliphatic carbocycles. The van der Waals surface area contributed by atoms with Gasteiger partial charge in [0.2, 0.25) is 0 Å². The average Bonchev–Trinajstić information content (AvgIpc) is 3.74. The molecule has 0 bridgehead atoms. The molecule has 0 aliphatic heterocycles. The number of imidazole rings is 1. The van der Waals surface area contributed by atoms with Crippen molar-refractivity contribution in [3.05, 3.63) is 158 Å². The topological polar surface area (TPSA) is 27.2 Å². The molecule has 0 fully saturated rings. The molecule has 0 unspecified atom stereocenters. The van der Waals surface area contributed by atoms with Crippen LogP contribution in [0.15, 0.2) is 158 Å². The number of benzene rings is 6. The summed E-state index contributed by atoms with van der Waals surface area (Å²) in [4.78, 5) is 4.96. The second-order valence-electron chi connectivity index (χ2n) is 11.7. The van der Waals surface area contributed by atoms with Gasteiger partial charge in [-0.05, 0) is 77.9 Å². The molecule has 4 heteroatoms. The number of hydrogen-bond acceptors (Lipinski definition) is 1. The zero-order valence-corrected chi connectivity index (χ0v) is 24.3. The van der Waals surface area contributed by atoms with Gasteiger partial charge in [-0.15, -0.1) is 0 Å². The summed E-state index contributed by atoms with van der Waals surface area (Å²) in [5, 5.41) is 4.94. The van der Waals surface area contributed by atoms with Crippen LogP contribution in [-0.2, 0) is 0 Å². The Morgan fingerprint density at radius 3 is 1.60 bits per heavy atom. The summed E-state index contributed by atoms with van der Waals surface area (Å²) in [6.45, 7) is 0. The van der Waals surface area contributed by atoms with Crippen molar-refractivity contribution in [2.24, 2.45) is 0 Å². The first-order valence-electron chi connectivity index (χ1n) is 15.3. The van der Waals surface area contributed by atoms with Gasteiger partial charge in [0, 0.05) is 45.2 Å². The second kappa shape index (κ2) is 9.18. The zero-order valence-electron chi connectivity index (χ0n) is 24.3. The fourth-order valence-electron chi connectivity index (χ4n) is 7.21. The maximum atomic E-state index is 4.96. The number of para-hydroxylation sites is 5. The predicted molar refractivity (Wildman–Crippen MR) is 187 cm³/mol. The standard InChI is InChI=1S/C41H26N4/c1-3-11-29(12-4-1)44-36-17-9-7-15-31(36)32-23-27(19-21-37(32)44)28-20-22-38-33(24-28)34-26-43-39-18-10-8-16-35(39)42-41(43)25-40(34)45(38)30-13-5-2-6-14-30/h1-26H. The minimum absolute atomic E-state index is 0.948. The summed E-state index contributed by atoms with van der Waals surface area (Å²) >= 11 is 0. The van der Waals surface area contributed by atoms with E-state index in [4.69, 9.17) is 4.98 Å². The van der Waals surface area contributed by atoms with Crippen LogP contribution < -0.4 is 0 Å². The zero-order chi connectivity index (χ0) is 29.5. The first-order chi connectivity index (χ1) is 22.3. The minimum Gasteiger partial charge on any atom is -0.309 e. The van der Waals surface area contributed by atoms with Crippen molar-refractivity contribution in [1.82, 2.24) is 18.5 Å². The fraction of sp³-hybridized carbons (Fsp3) is 0. The molecule has 4 nitrogen and oxygen atoms in total. The smallest absolute Gasteiger partial charge is 0.140 e. The van der Waals surface area contributed by atoms with E-state index in [1.54, 1.807) is 0 Å². The lowest BCUT2D eigenvalue weighted by Crippen LogP contribution is -1.94. The van der Waals surface area contributed by atoms with Gasteiger partial charge in [-0.25, -0.2) is 4.98 Å². The summed E-state index contributed by atoms with van der Waals surface area (Å²) < 4.78 is 6.96. The van der Waals surface area contributed by atoms with Gasteiger partial charge in [0.15, 0.2) is 0 Å². The molecule has 0 spiro atoms. The summed E-state index contributed by atoms with van der Waals surface area (Å²) in [5.74, 6) is 0. The number of nitrogens with zero attached hydrogens (tertiary/aromatic N) is 4. The molecule has 0 atom stereocenters. The predicted octanol–water partition coefficient (Wildman–Crippen LogP) is 10.3. The number of fused-ring (bicyclic) bond motifs is 9. The molecule has 10 rings (SSSR count). The monoisotopic (exact) mass is 574 g/mol. The van der Waals surface area contributed by atoms with Gasteiger partial charge in [0.25, 0.3) is 0 Å². The Bertz CT molecular complexity index is 2750. The van der Waals surface area contributed by atoms with Gasteiger partial charge in [-0.2, -0.15) is 0 Å². The molecule has 10 aromatic rings. The lowest BCUT2D eigenvalue weighted by molar-refractivity contribution is 1.17. The Morgan fingerprint density at radius 1 is 0.378 bits per heavy atom. The average molecular weight is 575 g/mol. The molecule has 45 heavy (non-hydrogen) atoms. The van der Waals surface area contributed by atoms with Crippen LogP contribution in [0.2, 0.25) is 0 Å². The normalized spacial score (nSPS) is 12.0. The third-order valence-electron chi connectivity index (χ3n) is 9.23. The Labute approximate surface area is 258 Å². The van der Waals surface area contributed by atoms with E-state index in [1.807, 2.05) is 6.07 Å². The molecule has 0 saturated heterocycles. The Morgan fingerprint density at radius 2 is 0.911 bits per heavy atom. The molecule has 0 aliphatic rings. The maximum absolute atomic E-state index is 4.96. The lowest BCUT2D eigenvalue weighted by Gasteiger charge is -2.09. The van der Waals surface area contributed by atoms with E-state index in [1.165, 1.54) is 54.9 Å². The van der Waals surface area contributed by atoms with E-state index in [-0.39, 0.29) is 0 Å². The number of pyridine rings is 1. The molecule has 0 N–H and O–H groups in total. The van der Waals surface area contributed by atoms with Crippen molar-refractivity contribution in [1.29, 1.82) is 0 Å². The molecule has 4 aromatic heterocycles. The van der Waals surface area contributed by atoms with Gasteiger partial charge < -0.3 is 9.13 Å². The van der Waals surface area contributed by atoms with Gasteiger partial charge in [-0.1, -0.05) is 78.9 Å². The summed E-state index contributed by atoms with van der Waals surface area (Å²) in [7, 11) is 0. The number of aromatic nitrogens is 4. The van der Waals surface area contributed by atoms with Crippen molar-refractivity contribution in [3.8, 4) is 22.5 Å². The summed E-state index contributed by atoms with van der Waals surface area (Å²) in [6.07, 6.45) is 2.27. The van der Waals surface area contributed by atoms with Crippen LogP contribution in [-0.4, -0.2) is 18.5 Å². The third-order valence-corrected chi connectivity index (χ3v) is 9.23. The molecular weight excluding hydrogens is 548 g/mol. The quantitative estimate of drug-likeness (QED) is 0.206. The van der Waals surface area contributed by atoms with Crippen LogP contribution in [0.1, 0.15) is 0 Å². The van der Waals surface area contributed by atoms with E-state index in [0.29, 0.717) is 0 Å². The third kappa shape index (κ3) is 3.51. The molecule has 0 amide bonds. The number of hydrogen-bond donors (Lipinski definition) is 0. The molecule has 4 heterocycles. The van der Waals surface area contributed by atoms with E-state index in [0.717, 1.165) is 27.9 Å². The highest BCUT2D eigenvalue weighted by atomic mass is 15.0.